The lowest BCUT2D eigenvalue weighted by molar-refractivity contribution is 0.416. The molecule has 45 heavy (non-hydrogen) atoms. The fourth-order valence-corrected chi connectivity index (χ4v) is 4.76. The summed E-state index contributed by atoms with van der Waals surface area (Å²) in [7, 11) is 1.71. The Hall–Kier alpha value is -5.86. The van der Waals surface area contributed by atoms with Gasteiger partial charge >= 0.3 is 0 Å². The van der Waals surface area contributed by atoms with Gasteiger partial charge in [-0.1, -0.05) is 170 Å². The zero-order chi connectivity index (χ0) is 30.9. The second-order valence-corrected chi connectivity index (χ2v) is 10.2. The van der Waals surface area contributed by atoms with Crippen LogP contribution in [-0.2, 0) is 0 Å². The molecule has 0 fully saturated rings. The molecule has 0 saturated carbocycles. The molecule has 0 aromatic heterocycles. The maximum Gasteiger partial charge on any atom is 0.142 e. The topological polar surface area (TPSA) is 12.5 Å². The molecule has 0 atom stereocenters. The van der Waals surface area contributed by atoms with E-state index in [-0.39, 0.29) is 0 Å². The zero-order valence-electron chi connectivity index (χ0n) is 25.5. The summed E-state index contributed by atoms with van der Waals surface area (Å²) < 4.78 is 5.75. The van der Waals surface area contributed by atoms with Crippen molar-refractivity contribution in [2.45, 2.75) is 0 Å². The van der Waals surface area contributed by atoms with Crippen molar-refractivity contribution < 1.29 is 4.74 Å². The van der Waals surface area contributed by atoms with Crippen molar-refractivity contribution in [3.63, 3.8) is 0 Å². The minimum atomic E-state index is 0.813. The van der Waals surface area contributed by atoms with E-state index in [4.69, 9.17) is 4.74 Å². The van der Waals surface area contributed by atoms with Gasteiger partial charge in [-0.15, -0.1) is 0 Å². The molecule has 0 bridgehead atoms. The van der Waals surface area contributed by atoms with Crippen LogP contribution in [0.15, 0.2) is 182 Å². The lowest BCUT2D eigenvalue weighted by Crippen LogP contribution is -2.11. The van der Waals surface area contributed by atoms with E-state index in [1.807, 2.05) is 78.9 Å². The van der Waals surface area contributed by atoms with Crippen LogP contribution < -0.4 is 9.64 Å². The van der Waals surface area contributed by atoms with Gasteiger partial charge in [-0.3, -0.25) is 0 Å². The first-order valence-corrected chi connectivity index (χ1v) is 15.1. The highest BCUT2D eigenvalue weighted by Gasteiger charge is 2.16. The van der Waals surface area contributed by atoms with Gasteiger partial charge in [0.1, 0.15) is 5.75 Å². The van der Waals surface area contributed by atoms with Crippen LogP contribution in [0.4, 0.5) is 17.1 Å². The molecular formula is C43H37NO. The van der Waals surface area contributed by atoms with Gasteiger partial charge in [-0.05, 0) is 58.7 Å². The van der Waals surface area contributed by atoms with Crippen molar-refractivity contribution in [3.05, 3.63) is 204 Å². The van der Waals surface area contributed by atoms with Crippen LogP contribution in [0.25, 0.3) is 24.3 Å². The minimum Gasteiger partial charge on any atom is -0.495 e. The second-order valence-electron chi connectivity index (χ2n) is 10.2. The van der Waals surface area contributed by atoms with E-state index in [0.29, 0.717) is 0 Å². The molecule has 5 aromatic rings. The van der Waals surface area contributed by atoms with E-state index in [1.54, 1.807) is 7.11 Å². The molecule has 220 valence electrons. The molecule has 0 heterocycles. The summed E-state index contributed by atoms with van der Waals surface area (Å²) in [6, 6.07) is 45.8. The van der Waals surface area contributed by atoms with Crippen LogP contribution >= 0.6 is 0 Å². The maximum atomic E-state index is 5.75. The fourth-order valence-electron chi connectivity index (χ4n) is 4.76. The molecule has 0 aliphatic rings. The monoisotopic (exact) mass is 583 g/mol. The third-order valence-electron chi connectivity index (χ3n) is 7.05. The Morgan fingerprint density at radius 3 is 1.13 bits per heavy atom. The summed E-state index contributed by atoms with van der Waals surface area (Å²) in [5.41, 5.74) is 7.71. The van der Waals surface area contributed by atoms with Gasteiger partial charge in [-0.2, -0.15) is 0 Å². The summed E-state index contributed by atoms with van der Waals surface area (Å²) in [6.45, 7) is 0. The van der Waals surface area contributed by atoms with E-state index < -0.39 is 0 Å². The SMILES string of the molecule is COc1ccccc1N(c1ccc(/C=C/C=C/C=C/c2ccccc2)cc1)c1ccc(/C=C/C=C/C=C/c2ccccc2)cc1. The molecule has 0 unspecified atom stereocenters. The summed E-state index contributed by atoms with van der Waals surface area (Å²) in [4.78, 5) is 2.22. The van der Waals surface area contributed by atoms with Gasteiger partial charge in [-0.25, -0.2) is 0 Å². The average molecular weight is 584 g/mol. The maximum absolute atomic E-state index is 5.75. The molecule has 0 aliphatic carbocycles. The summed E-state index contributed by atoms with van der Waals surface area (Å²) in [5.74, 6) is 0.813. The number of nitrogens with zero attached hydrogens (tertiary/aromatic N) is 1. The molecule has 0 saturated heterocycles. The quantitative estimate of drug-likeness (QED) is 0.135. The number of rotatable bonds is 12. The van der Waals surface area contributed by atoms with Crippen LogP contribution in [0.1, 0.15) is 22.3 Å². The van der Waals surface area contributed by atoms with Crippen molar-refractivity contribution in [2.24, 2.45) is 0 Å². The number of hydrogen-bond donors (Lipinski definition) is 0. The smallest absolute Gasteiger partial charge is 0.142 e. The van der Waals surface area contributed by atoms with Crippen LogP contribution in [0.2, 0.25) is 0 Å². The van der Waals surface area contributed by atoms with Crippen molar-refractivity contribution in [1.82, 2.24) is 0 Å². The van der Waals surface area contributed by atoms with Gasteiger partial charge < -0.3 is 9.64 Å². The Labute approximate surface area is 267 Å². The molecule has 0 N–H and O–H groups in total. The van der Waals surface area contributed by atoms with Gasteiger partial charge in [0.25, 0.3) is 0 Å². The van der Waals surface area contributed by atoms with Gasteiger partial charge in [0.2, 0.25) is 0 Å². The highest BCUT2D eigenvalue weighted by atomic mass is 16.5. The van der Waals surface area contributed by atoms with Gasteiger partial charge in [0.15, 0.2) is 0 Å². The normalized spacial score (nSPS) is 12.0. The third kappa shape index (κ3) is 9.31. The summed E-state index contributed by atoms with van der Waals surface area (Å²) in [5, 5.41) is 0. The van der Waals surface area contributed by atoms with Crippen LogP contribution in [0, 0.1) is 0 Å². The van der Waals surface area contributed by atoms with Crippen molar-refractivity contribution in [2.75, 3.05) is 12.0 Å². The number of ether oxygens (including phenoxy) is 1. The fraction of sp³-hybridized carbons (Fsp3) is 0.0233. The largest absolute Gasteiger partial charge is 0.495 e. The van der Waals surface area contributed by atoms with E-state index in [0.717, 1.165) is 33.9 Å². The first-order chi connectivity index (χ1) is 22.3. The predicted molar refractivity (Wildman–Crippen MR) is 195 cm³/mol. The third-order valence-corrected chi connectivity index (χ3v) is 7.05. The number of allylic oxidation sites excluding steroid dienone is 8. The number of benzene rings is 5. The number of methoxy groups -OCH3 is 1. The summed E-state index contributed by atoms with van der Waals surface area (Å²) >= 11 is 0. The Morgan fingerprint density at radius 2 is 0.733 bits per heavy atom. The van der Waals surface area contributed by atoms with E-state index >= 15 is 0 Å². The zero-order valence-corrected chi connectivity index (χ0v) is 25.5. The second kappa shape index (κ2) is 16.7. The molecule has 5 aromatic carbocycles. The molecular weight excluding hydrogens is 546 g/mol. The molecule has 5 rings (SSSR count). The lowest BCUT2D eigenvalue weighted by atomic mass is 10.1. The van der Waals surface area contributed by atoms with Gasteiger partial charge in [0, 0.05) is 11.4 Å². The molecule has 0 aliphatic heterocycles. The van der Waals surface area contributed by atoms with E-state index in [9.17, 15) is 0 Å². The van der Waals surface area contributed by atoms with Gasteiger partial charge in [0.05, 0.1) is 12.8 Å². The average Bonchev–Trinajstić information content (AvgIpc) is 3.10. The molecule has 2 heteroatoms. The number of hydrogen-bond acceptors (Lipinski definition) is 2. The number of para-hydroxylation sites is 2. The van der Waals surface area contributed by atoms with Crippen molar-refractivity contribution in [3.8, 4) is 5.75 Å². The van der Waals surface area contributed by atoms with E-state index in [1.165, 1.54) is 11.1 Å². The molecule has 2 nitrogen and oxygen atoms in total. The Balaban J connectivity index is 1.29. The minimum absolute atomic E-state index is 0.813. The van der Waals surface area contributed by atoms with Crippen LogP contribution in [-0.4, -0.2) is 7.11 Å². The highest BCUT2D eigenvalue weighted by molar-refractivity contribution is 5.81. The molecule has 0 amide bonds. The molecule has 0 radical (unpaired) electrons. The van der Waals surface area contributed by atoms with Crippen molar-refractivity contribution in [1.29, 1.82) is 0 Å². The Morgan fingerprint density at radius 1 is 0.378 bits per heavy atom. The molecule has 0 spiro atoms. The van der Waals surface area contributed by atoms with E-state index in [2.05, 4.69) is 132 Å². The van der Waals surface area contributed by atoms with Crippen molar-refractivity contribution >= 4 is 41.4 Å². The first-order valence-electron chi connectivity index (χ1n) is 15.1. The Kier molecular flexibility index (Phi) is 11.3. The van der Waals surface area contributed by atoms with Crippen LogP contribution in [0.5, 0.6) is 5.75 Å². The first kappa shape index (κ1) is 30.6. The highest BCUT2D eigenvalue weighted by Crippen LogP contribution is 2.40. The predicted octanol–water partition coefficient (Wildman–Crippen LogP) is 11.7. The Bertz CT molecular complexity index is 1680. The van der Waals surface area contributed by atoms with Crippen LogP contribution in [0.3, 0.4) is 0 Å². The lowest BCUT2D eigenvalue weighted by Gasteiger charge is -2.27. The number of anilines is 3. The summed E-state index contributed by atoms with van der Waals surface area (Å²) in [6.07, 6.45) is 24.8. The standard InChI is InChI=1S/C43H37NO/c1-45-43-27-17-16-26-42(43)44(40-32-28-38(29-33-40)24-10-4-2-8-18-36-20-12-6-13-21-36)41-34-30-39(31-35-41)25-11-5-3-9-19-37-22-14-7-15-23-37/h2-35H,1H3/b4-2+,5-3+,18-8+,19-9+,24-10+,25-11+.